The van der Waals surface area contributed by atoms with Gasteiger partial charge in [-0.3, -0.25) is 0 Å². The van der Waals surface area contributed by atoms with Gasteiger partial charge in [0.05, 0.1) is 5.02 Å². The summed E-state index contributed by atoms with van der Waals surface area (Å²) < 4.78 is 11.1. The van der Waals surface area contributed by atoms with Crippen LogP contribution in [0.3, 0.4) is 0 Å². The molecule has 21 heavy (non-hydrogen) atoms. The van der Waals surface area contributed by atoms with E-state index in [1.165, 1.54) is 0 Å². The van der Waals surface area contributed by atoms with Gasteiger partial charge in [-0.05, 0) is 30.2 Å². The van der Waals surface area contributed by atoms with Crippen LogP contribution in [-0.2, 0) is 4.74 Å². The van der Waals surface area contributed by atoms with Crippen LogP contribution in [-0.4, -0.2) is 25.9 Å². The molecule has 0 spiro atoms. The van der Waals surface area contributed by atoms with Gasteiger partial charge >= 0.3 is 0 Å². The molecule has 0 saturated carbocycles. The Morgan fingerprint density at radius 3 is 2.48 bits per heavy atom. The number of hydrogen-bond donors (Lipinski definition) is 1. The summed E-state index contributed by atoms with van der Waals surface area (Å²) in [6, 6.07) is 15.9. The van der Waals surface area contributed by atoms with Crippen molar-refractivity contribution in [3.8, 4) is 16.9 Å². The molecular formula is C17H20ClNO2. The quantitative estimate of drug-likeness (QED) is 0.847. The van der Waals surface area contributed by atoms with Crippen molar-refractivity contribution in [2.75, 3.05) is 19.8 Å². The van der Waals surface area contributed by atoms with Gasteiger partial charge in [0.15, 0.2) is 0 Å². The predicted molar refractivity (Wildman–Crippen MR) is 86.9 cm³/mol. The van der Waals surface area contributed by atoms with Gasteiger partial charge in [-0.2, -0.15) is 0 Å². The van der Waals surface area contributed by atoms with Gasteiger partial charge in [0, 0.05) is 13.2 Å². The molecule has 0 amide bonds. The average molecular weight is 306 g/mol. The molecule has 1 atom stereocenters. The first-order chi connectivity index (χ1) is 10.2. The molecule has 4 heteroatoms. The van der Waals surface area contributed by atoms with E-state index in [9.17, 15) is 0 Å². The molecule has 0 bridgehead atoms. The molecule has 2 rings (SSSR count). The highest BCUT2D eigenvalue weighted by Gasteiger charge is 2.09. The highest BCUT2D eigenvalue weighted by molar-refractivity contribution is 6.32. The van der Waals surface area contributed by atoms with Crippen LogP contribution in [0.15, 0.2) is 48.5 Å². The van der Waals surface area contributed by atoms with Gasteiger partial charge in [0.1, 0.15) is 18.5 Å². The van der Waals surface area contributed by atoms with Crippen LogP contribution in [0.4, 0.5) is 0 Å². The summed E-state index contributed by atoms with van der Waals surface area (Å²) in [7, 11) is 0. The first-order valence-corrected chi connectivity index (χ1v) is 7.41. The summed E-state index contributed by atoms with van der Waals surface area (Å²) in [5, 5.41) is 0.587. The maximum atomic E-state index is 6.29. The summed E-state index contributed by atoms with van der Waals surface area (Å²) in [5.74, 6) is 0.648. The molecule has 112 valence electrons. The molecular weight excluding hydrogens is 286 g/mol. The lowest BCUT2D eigenvalue weighted by Gasteiger charge is -2.16. The van der Waals surface area contributed by atoms with Gasteiger partial charge in [0.25, 0.3) is 0 Å². The lowest BCUT2D eigenvalue weighted by Crippen LogP contribution is -2.30. The fourth-order valence-corrected chi connectivity index (χ4v) is 2.27. The van der Waals surface area contributed by atoms with E-state index < -0.39 is 0 Å². The van der Waals surface area contributed by atoms with Crippen LogP contribution in [0, 0.1) is 0 Å². The average Bonchev–Trinajstić information content (AvgIpc) is 2.53. The second kappa shape index (κ2) is 8.03. The van der Waals surface area contributed by atoms with Crippen LogP contribution >= 0.6 is 11.6 Å². The zero-order chi connectivity index (χ0) is 15.1. The predicted octanol–water partition coefficient (Wildman–Crippen LogP) is 3.75. The number of benzene rings is 2. The van der Waals surface area contributed by atoms with Gasteiger partial charge in [-0.15, -0.1) is 0 Å². The monoisotopic (exact) mass is 305 g/mol. The lowest BCUT2D eigenvalue weighted by atomic mass is 10.1. The van der Waals surface area contributed by atoms with E-state index >= 15 is 0 Å². The first-order valence-electron chi connectivity index (χ1n) is 7.04. The Kier molecular flexibility index (Phi) is 6.05. The molecule has 2 aromatic rings. The molecule has 0 heterocycles. The van der Waals surface area contributed by atoms with Crippen molar-refractivity contribution in [3.63, 3.8) is 0 Å². The summed E-state index contributed by atoms with van der Waals surface area (Å²) in [6.45, 7) is 3.37. The van der Waals surface area contributed by atoms with Crippen molar-refractivity contribution < 1.29 is 9.47 Å². The van der Waals surface area contributed by atoms with Crippen LogP contribution < -0.4 is 10.5 Å². The van der Waals surface area contributed by atoms with Crippen molar-refractivity contribution in [2.45, 2.75) is 13.0 Å². The molecule has 0 aromatic heterocycles. The van der Waals surface area contributed by atoms with Gasteiger partial charge in [-0.25, -0.2) is 0 Å². The minimum atomic E-state index is -0.111. The van der Waals surface area contributed by atoms with Crippen molar-refractivity contribution in [1.82, 2.24) is 0 Å². The van der Waals surface area contributed by atoms with E-state index in [4.69, 9.17) is 26.8 Å². The number of hydrogen-bond acceptors (Lipinski definition) is 3. The Hall–Kier alpha value is -1.55. The molecule has 0 fully saturated rings. The third-order valence-electron chi connectivity index (χ3n) is 3.13. The fourth-order valence-electron chi connectivity index (χ4n) is 2.03. The fraction of sp³-hybridized carbons (Fsp3) is 0.294. The van der Waals surface area contributed by atoms with Crippen LogP contribution in [0.2, 0.25) is 5.02 Å². The number of rotatable bonds is 7. The number of ether oxygens (including phenoxy) is 2. The number of halogens is 1. The maximum Gasteiger partial charge on any atom is 0.138 e. The summed E-state index contributed by atoms with van der Waals surface area (Å²) in [6.07, 6.45) is -0.111. The standard InChI is InChI=1S/C17H20ClNO2/c1-2-20-15(11-19)12-21-17-9-8-14(10-16(17)18)13-6-4-3-5-7-13/h3-10,15H,2,11-12,19H2,1H3. The Bertz CT molecular complexity index is 560. The SMILES string of the molecule is CCOC(CN)COc1ccc(-c2ccccc2)cc1Cl. The minimum Gasteiger partial charge on any atom is -0.489 e. The van der Waals surface area contributed by atoms with Crippen LogP contribution in [0.5, 0.6) is 5.75 Å². The lowest BCUT2D eigenvalue weighted by molar-refractivity contribution is 0.0337. The van der Waals surface area contributed by atoms with Crippen molar-refractivity contribution in [2.24, 2.45) is 5.73 Å². The minimum absolute atomic E-state index is 0.111. The van der Waals surface area contributed by atoms with Gasteiger partial charge < -0.3 is 15.2 Å². The molecule has 1 unspecified atom stereocenters. The third-order valence-corrected chi connectivity index (χ3v) is 3.42. The zero-order valence-corrected chi connectivity index (χ0v) is 12.8. The molecule has 3 nitrogen and oxygen atoms in total. The molecule has 2 N–H and O–H groups in total. The molecule has 0 aliphatic heterocycles. The van der Waals surface area contributed by atoms with Gasteiger partial charge in [0.2, 0.25) is 0 Å². The smallest absolute Gasteiger partial charge is 0.138 e. The highest BCUT2D eigenvalue weighted by Crippen LogP contribution is 2.30. The van der Waals surface area contributed by atoms with Gasteiger partial charge in [-0.1, -0.05) is 48.0 Å². The largest absolute Gasteiger partial charge is 0.489 e. The second-order valence-electron chi connectivity index (χ2n) is 4.64. The Balaban J connectivity index is 2.06. The van der Waals surface area contributed by atoms with Crippen molar-refractivity contribution in [1.29, 1.82) is 0 Å². The second-order valence-corrected chi connectivity index (χ2v) is 5.04. The third kappa shape index (κ3) is 4.46. The molecule has 0 radical (unpaired) electrons. The summed E-state index contributed by atoms with van der Waals surface area (Å²) in [5.41, 5.74) is 7.81. The number of nitrogens with two attached hydrogens (primary N) is 1. The normalized spacial score (nSPS) is 12.1. The van der Waals surface area contributed by atoms with E-state index in [-0.39, 0.29) is 6.10 Å². The van der Waals surface area contributed by atoms with E-state index in [0.717, 1.165) is 11.1 Å². The van der Waals surface area contributed by atoms with E-state index in [2.05, 4.69) is 0 Å². The summed E-state index contributed by atoms with van der Waals surface area (Å²) >= 11 is 6.29. The topological polar surface area (TPSA) is 44.5 Å². The van der Waals surface area contributed by atoms with Crippen LogP contribution in [0.25, 0.3) is 11.1 Å². The van der Waals surface area contributed by atoms with Crippen molar-refractivity contribution in [3.05, 3.63) is 53.6 Å². The zero-order valence-electron chi connectivity index (χ0n) is 12.1. The maximum absolute atomic E-state index is 6.29. The van der Waals surface area contributed by atoms with E-state index in [1.54, 1.807) is 0 Å². The highest BCUT2D eigenvalue weighted by atomic mass is 35.5. The van der Waals surface area contributed by atoms with Crippen LogP contribution in [0.1, 0.15) is 6.92 Å². The van der Waals surface area contributed by atoms with E-state index in [0.29, 0.717) is 30.5 Å². The Morgan fingerprint density at radius 1 is 1.10 bits per heavy atom. The summed E-state index contributed by atoms with van der Waals surface area (Å²) in [4.78, 5) is 0. The Morgan fingerprint density at radius 2 is 1.86 bits per heavy atom. The molecule has 0 aliphatic carbocycles. The Labute approximate surface area is 130 Å². The molecule has 0 saturated heterocycles. The van der Waals surface area contributed by atoms with Crippen molar-refractivity contribution >= 4 is 11.6 Å². The molecule has 2 aromatic carbocycles. The molecule has 0 aliphatic rings. The van der Waals surface area contributed by atoms with E-state index in [1.807, 2.05) is 55.5 Å². The first kappa shape index (κ1) is 15.8.